The number of hydrogen-bond acceptors (Lipinski definition) is 5. The molecule has 2 heterocycles. The minimum atomic E-state index is -0.881. The molecule has 0 aliphatic heterocycles. The molecule has 1 aromatic carbocycles. The molecule has 0 radical (unpaired) electrons. The van der Waals surface area contributed by atoms with Crippen LogP contribution in [-0.4, -0.2) is 15.0 Å². The summed E-state index contributed by atoms with van der Waals surface area (Å²) in [4.78, 5) is 12.3. The number of fused-ring (bicyclic) bond motifs is 1. The fourth-order valence-corrected chi connectivity index (χ4v) is 2.14. The summed E-state index contributed by atoms with van der Waals surface area (Å²) >= 11 is 0. The van der Waals surface area contributed by atoms with E-state index in [9.17, 15) is 8.78 Å². The molecule has 0 aliphatic carbocycles. The van der Waals surface area contributed by atoms with Crippen LogP contribution in [0, 0.1) is 11.6 Å². The Hall–Kier alpha value is -2.83. The quantitative estimate of drug-likeness (QED) is 0.777. The van der Waals surface area contributed by atoms with Gasteiger partial charge in [0, 0.05) is 0 Å². The van der Waals surface area contributed by atoms with E-state index in [1.807, 2.05) is 6.92 Å². The van der Waals surface area contributed by atoms with Crippen LogP contribution in [0.15, 0.2) is 36.7 Å². The Morgan fingerprint density at radius 2 is 1.91 bits per heavy atom. The van der Waals surface area contributed by atoms with Gasteiger partial charge in [-0.3, -0.25) is 0 Å². The van der Waals surface area contributed by atoms with E-state index in [4.69, 9.17) is 5.73 Å². The molecule has 0 spiro atoms. The van der Waals surface area contributed by atoms with Crippen LogP contribution < -0.4 is 11.1 Å². The Kier molecular flexibility index (Phi) is 3.54. The minimum absolute atomic E-state index is 0.272. The number of benzene rings is 1. The molecule has 0 bridgehead atoms. The number of hydrogen-bond donors (Lipinski definition) is 2. The van der Waals surface area contributed by atoms with E-state index in [1.54, 1.807) is 12.1 Å². The van der Waals surface area contributed by atoms with E-state index in [0.29, 0.717) is 28.2 Å². The molecule has 0 amide bonds. The lowest BCUT2D eigenvalue weighted by Gasteiger charge is -2.16. The van der Waals surface area contributed by atoms with Gasteiger partial charge in [0.1, 0.15) is 18.0 Å². The number of anilines is 2. The predicted octanol–water partition coefficient (Wildman–Crippen LogP) is 3.06. The van der Waals surface area contributed by atoms with Crippen molar-refractivity contribution in [3.63, 3.8) is 0 Å². The van der Waals surface area contributed by atoms with Crippen LogP contribution in [-0.2, 0) is 0 Å². The van der Waals surface area contributed by atoms with E-state index < -0.39 is 11.6 Å². The number of nitrogens with zero attached hydrogens (tertiary/aromatic N) is 3. The monoisotopic (exact) mass is 301 g/mol. The third-order valence-electron chi connectivity index (χ3n) is 3.32. The van der Waals surface area contributed by atoms with Gasteiger partial charge in [-0.2, -0.15) is 0 Å². The van der Waals surface area contributed by atoms with E-state index in [-0.39, 0.29) is 6.04 Å². The second-order valence-electron chi connectivity index (χ2n) is 4.87. The van der Waals surface area contributed by atoms with E-state index >= 15 is 0 Å². The van der Waals surface area contributed by atoms with E-state index in [2.05, 4.69) is 20.3 Å². The molecule has 2 aromatic heterocycles. The van der Waals surface area contributed by atoms with Crippen molar-refractivity contribution in [3.05, 3.63) is 53.9 Å². The highest BCUT2D eigenvalue weighted by Crippen LogP contribution is 2.24. The average Bonchev–Trinajstić information content (AvgIpc) is 2.50. The van der Waals surface area contributed by atoms with Crippen LogP contribution in [0.3, 0.4) is 0 Å². The van der Waals surface area contributed by atoms with Crippen molar-refractivity contribution in [3.8, 4) is 0 Å². The highest BCUT2D eigenvalue weighted by atomic mass is 19.2. The average molecular weight is 301 g/mol. The van der Waals surface area contributed by atoms with Gasteiger partial charge in [-0.1, -0.05) is 6.07 Å². The normalized spacial score (nSPS) is 12.3. The van der Waals surface area contributed by atoms with Crippen LogP contribution in [0.4, 0.5) is 20.4 Å². The first kappa shape index (κ1) is 14.1. The van der Waals surface area contributed by atoms with Crippen molar-refractivity contribution in [1.82, 2.24) is 15.0 Å². The number of nitrogen functional groups attached to an aromatic ring is 1. The summed E-state index contributed by atoms with van der Waals surface area (Å²) in [5.74, 6) is -0.836. The number of rotatable bonds is 3. The van der Waals surface area contributed by atoms with E-state index in [1.165, 1.54) is 12.4 Å². The summed E-state index contributed by atoms with van der Waals surface area (Å²) < 4.78 is 26.3. The van der Waals surface area contributed by atoms with Crippen LogP contribution in [0.2, 0.25) is 0 Å². The fourth-order valence-electron chi connectivity index (χ4n) is 2.14. The van der Waals surface area contributed by atoms with Crippen molar-refractivity contribution < 1.29 is 8.78 Å². The van der Waals surface area contributed by atoms with Gasteiger partial charge in [-0.15, -0.1) is 0 Å². The molecule has 3 aromatic rings. The largest absolute Gasteiger partial charge is 0.384 e. The number of pyridine rings is 1. The molecule has 1 atom stereocenters. The topological polar surface area (TPSA) is 76.7 Å². The van der Waals surface area contributed by atoms with Crippen molar-refractivity contribution in [1.29, 1.82) is 0 Å². The van der Waals surface area contributed by atoms with Crippen LogP contribution in [0.25, 0.3) is 11.0 Å². The second kappa shape index (κ2) is 5.51. The highest BCUT2D eigenvalue weighted by molar-refractivity contribution is 5.87. The van der Waals surface area contributed by atoms with Crippen LogP contribution in [0.5, 0.6) is 0 Å². The molecule has 1 unspecified atom stereocenters. The Labute approximate surface area is 125 Å². The Balaban J connectivity index is 1.93. The molecule has 0 aliphatic rings. The maximum atomic E-state index is 13.3. The van der Waals surface area contributed by atoms with Crippen molar-refractivity contribution in [2.75, 3.05) is 11.1 Å². The number of nitrogens with two attached hydrogens (primary N) is 1. The zero-order chi connectivity index (χ0) is 15.7. The summed E-state index contributed by atoms with van der Waals surface area (Å²) in [7, 11) is 0. The third kappa shape index (κ3) is 2.65. The van der Waals surface area contributed by atoms with Gasteiger partial charge in [-0.25, -0.2) is 23.7 Å². The molecule has 3 rings (SSSR count). The second-order valence-corrected chi connectivity index (χ2v) is 4.87. The molecule has 22 heavy (non-hydrogen) atoms. The van der Waals surface area contributed by atoms with Gasteiger partial charge in [-0.05, 0) is 36.8 Å². The van der Waals surface area contributed by atoms with Gasteiger partial charge in [0.05, 0.1) is 11.4 Å². The number of halogens is 2. The maximum Gasteiger partial charge on any atom is 0.166 e. The summed E-state index contributed by atoms with van der Waals surface area (Å²) in [5, 5.41) is 3.85. The molecule has 0 saturated carbocycles. The fraction of sp³-hybridized carbons (Fsp3) is 0.133. The zero-order valence-electron chi connectivity index (χ0n) is 11.7. The lowest BCUT2D eigenvalue weighted by atomic mass is 10.1. The summed E-state index contributed by atoms with van der Waals surface area (Å²) in [6, 6.07) is 6.92. The lowest BCUT2D eigenvalue weighted by Crippen LogP contribution is -2.09. The van der Waals surface area contributed by atoms with Crippen molar-refractivity contribution >= 4 is 22.7 Å². The van der Waals surface area contributed by atoms with Gasteiger partial charge >= 0.3 is 0 Å². The van der Waals surface area contributed by atoms with E-state index in [0.717, 1.165) is 12.1 Å². The van der Waals surface area contributed by atoms with Gasteiger partial charge < -0.3 is 11.1 Å². The zero-order valence-corrected chi connectivity index (χ0v) is 11.7. The molecule has 3 N–H and O–H groups in total. The first-order valence-electron chi connectivity index (χ1n) is 6.63. The minimum Gasteiger partial charge on any atom is -0.384 e. The molecule has 5 nitrogen and oxygen atoms in total. The summed E-state index contributed by atoms with van der Waals surface area (Å²) in [6.45, 7) is 1.82. The summed E-state index contributed by atoms with van der Waals surface area (Å²) in [6.07, 6.45) is 1.37. The lowest BCUT2D eigenvalue weighted by molar-refractivity contribution is 0.506. The summed E-state index contributed by atoms with van der Waals surface area (Å²) in [5.41, 5.74) is 6.70. The molecular weight excluding hydrogens is 288 g/mol. The highest BCUT2D eigenvalue weighted by Gasteiger charge is 2.12. The van der Waals surface area contributed by atoms with Gasteiger partial charge in [0.2, 0.25) is 0 Å². The molecule has 0 saturated heterocycles. The standard InChI is InChI=1S/C15H13F2N5/c1-8(9-2-4-11(16)12(17)6-9)21-14-10-3-5-13(18)22-15(10)20-7-19-14/h2-8H,1H3,(H3,18,19,20,21,22). The van der Waals surface area contributed by atoms with Crippen LogP contribution in [0.1, 0.15) is 18.5 Å². The number of nitrogens with one attached hydrogen (secondary N) is 1. The molecule has 7 heteroatoms. The van der Waals surface area contributed by atoms with Crippen LogP contribution >= 0.6 is 0 Å². The first-order valence-corrected chi connectivity index (χ1v) is 6.63. The Bertz CT molecular complexity index is 837. The molecule has 0 fully saturated rings. The molecule has 112 valence electrons. The maximum absolute atomic E-state index is 13.3. The first-order chi connectivity index (χ1) is 10.5. The van der Waals surface area contributed by atoms with Gasteiger partial charge in [0.25, 0.3) is 0 Å². The Morgan fingerprint density at radius 1 is 1.09 bits per heavy atom. The Morgan fingerprint density at radius 3 is 2.68 bits per heavy atom. The predicted molar refractivity (Wildman–Crippen MR) is 80.1 cm³/mol. The van der Waals surface area contributed by atoms with Crippen molar-refractivity contribution in [2.45, 2.75) is 13.0 Å². The SMILES string of the molecule is CC(Nc1ncnc2nc(N)ccc12)c1ccc(F)c(F)c1. The third-order valence-corrected chi connectivity index (χ3v) is 3.32. The smallest absolute Gasteiger partial charge is 0.166 e. The number of aromatic nitrogens is 3. The van der Waals surface area contributed by atoms with Gasteiger partial charge in [0.15, 0.2) is 17.3 Å². The molecular formula is C15H13F2N5. The van der Waals surface area contributed by atoms with Crippen molar-refractivity contribution in [2.24, 2.45) is 0 Å².